The summed E-state index contributed by atoms with van der Waals surface area (Å²) in [6.07, 6.45) is -0.504. The maximum absolute atomic E-state index is 14.0. The van der Waals surface area contributed by atoms with Gasteiger partial charge in [-0.25, -0.2) is 31.3 Å². The molecule has 180 valence electrons. The van der Waals surface area contributed by atoms with Crippen LogP contribution in [0.4, 0.5) is 22.0 Å². The van der Waals surface area contributed by atoms with Gasteiger partial charge in [-0.15, -0.1) is 0 Å². The van der Waals surface area contributed by atoms with E-state index in [0.717, 1.165) is 36.4 Å². The van der Waals surface area contributed by atoms with Crippen molar-refractivity contribution >= 4 is 16.8 Å². The molecule has 0 saturated carbocycles. The van der Waals surface area contributed by atoms with Gasteiger partial charge in [0.25, 0.3) is 5.56 Å². The molecule has 1 aromatic heterocycles. The Balaban J connectivity index is 1.77. The number of amides is 1. The molecule has 1 unspecified atom stereocenters. The van der Waals surface area contributed by atoms with Crippen molar-refractivity contribution < 1.29 is 26.7 Å². The smallest absolute Gasteiger partial charge is 0.329 e. The molecule has 35 heavy (non-hydrogen) atoms. The van der Waals surface area contributed by atoms with Crippen LogP contribution in [0.15, 0.2) is 64.2 Å². The Morgan fingerprint density at radius 2 is 1.51 bits per heavy atom. The largest absolute Gasteiger partial charge is 0.350 e. The van der Waals surface area contributed by atoms with Crippen LogP contribution in [0, 0.1) is 29.1 Å². The monoisotopic (exact) mass is 489 g/mol. The zero-order valence-corrected chi connectivity index (χ0v) is 17.7. The molecule has 0 aliphatic heterocycles. The molecule has 1 heterocycles. The van der Waals surface area contributed by atoms with Gasteiger partial charge in [-0.2, -0.15) is 0 Å². The lowest BCUT2D eigenvalue weighted by molar-refractivity contribution is -0.124. The van der Waals surface area contributed by atoms with E-state index in [2.05, 4.69) is 10.3 Å². The Hall–Kier alpha value is -4.28. The fourth-order valence-corrected chi connectivity index (χ4v) is 3.70. The number of halogens is 5. The summed E-state index contributed by atoms with van der Waals surface area (Å²) in [5.74, 6) is -5.41. The number of fused-ring (bicyclic) bond motifs is 1. The molecular formula is C24H16F5N3O3. The maximum Gasteiger partial charge on any atom is 0.329 e. The number of benzene rings is 3. The van der Waals surface area contributed by atoms with E-state index in [1.807, 2.05) is 0 Å². The van der Waals surface area contributed by atoms with Gasteiger partial charge in [-0.3, -0.25) is 9.59 Å². The van der Waals surface area contributed by atoms with Gasteiger partial charge in [0.15, 0.2) is 0 Å². The number of aromatic nitrogens is 2. The molecule has 2 N–H and O–H groups in total. The molecular weight excluding hydrogens is 473 g/mol. The highest BCUT2D eigenvalue weighted by Gasteiger charge is 2.26. The molecule has 0 aliphatic carbocycles. The first-order valence-corrected chi connectivity index (χ1v) is 10.2. The number of nitrogens with zero attached hydrogens (tertiary/aromatic N) is 1. The second-order valence-corrected chi connectivity index (χ2v) is 7.75. The van der Waals surface area contributed by atoms with Gasteiger partial charge in [0.1, 0.15) is 35.1 Å². The van der Waals surface area contributed by atoms with Crippen LogP contribution in [0.5, 0.6) is 0 Å². The Kier molecular flexibility index (Phi) is 6.50. The van der Waals surface area contributed by atoms with Crippen LogP contribution in [0.2, 0.25) is 0 Å². The average molecular weight is 489 g/mol. The van der Waals surface area contributed by atoms with E-state index in [1.165, 1.54) is 6.07 Å². The summed E-state index contributed by atoms with van der Waals surface area (Å²) in [7, 11) is 0. The van der Waals surface area contributed by atoms with Gasteiger partial charge in [-0.05, 0) is 42.0 Å². The maximum atomic E-state index is 14.0. The van der Waals surface area contributed by atoms with E-state index in [1.54, 1.807) is 0 Å². The Morgan fingerprint density at radius 3 is 2.20 bits per heavy atom. The number of carbonyl (C=O) groups excluding carboxylic acids is 1. The van der Waals surface area contributed by atoms with Crippen LogP contribution in [-0.4, -0.2) is 15.5 Å². The van der Waals surface area contributed by atoms with Gasteiger partial charge in [0.05, 0.1) is 10.9 Å². The van der Waals surface area contributed by atoms with Crippen molar-refractivity contribution in [3.05, 3.63) is 116 Å². The summed E-state index contributed by atoms with van der Waals surface area (Å²) >= 11 is 0. The number of aromatic amines is 1. The average Bonchev–Trinajstić information content (AvgIpc) is 2.77. The van der Waals surface area contributed by atoms with Gasteiger partial charge in [0.2, 0.25) is 5.91 Å². The van der Waals surface area contributed by atoms with Gasteiger partial charge < -0.3 is 10.3 Å². The zero-order valence-electron chi connectivity index (χ0n) is 17.7. The first kappa shape index (κ1) is 23.9. The minimum Gasteiger partial charge on any atom is -0.350 e. The molecule has 0 radical (unpaired) electrons. The highest BCUT2D eigenvalue weighted by molar-refractivity contribution is 5.82. The zero-order chi connectivity index (χ0) is 25.3. The van der Waals surface area contributed by atoms with Crippen molar-refractivity contribution in [3.8, 4) is 0 Å². The second kappa shape index (κ2) is 9.53. The molecule has 0 spiro atoms. The fraction of sp³-hybridized carbons (Fsp3) is 0.125. The standard InChI is InChI=1S/C24H16F5N3O3/c25-14-3-4-20-18(9-14)23(34)32(24(35)31-20)21(7-12-5-16(27)8-17(28)6-12)22(33)30-11-13-1-2-15(26)10-19(13)29/h1-6,8-10,21H,7,11H2,(H,30,33)(H,31,35). The van der Waals surface area contributed by atoms with Crippen LogP contribution in [0.3, 0.4) is 0 Å². The molecule has 0 bridgehead atoms. The Morgan fingerprint density at radius 1 is 0.857 bits per heavy atom. The third kappa shape index (κ3) is 5.13. The second-order valence-electron chi connectivity index (χ2n) is 7.75. The van der Waals surface area contributed by atoms with E-state index < -0.39 is 65.2 Å². The summed E-state index contributed by atoms with van der Waals surface area (Å²) in [4.78, 5) is 41.3. The molecule has 4 rings (SSSR count). The summed E-state index contributed by atoms with van der Waals surface area (Å²) in [5, 5.41) is 2.11. The van der Waals surface area contributed by atoms with Crippen molar-refractivity contribution in [2.45, 2.75) is 19.0 Å². The quantitative estimate of drug-likeness (QED) is 0.407. The van der Waals surface area contributed by atoms with Crippen molar-refractivity contribution in [1.29, 1.82) is 0 Å². The van der Waals surface area contributed by atoms with Crippen LogP contribution >= 0.6 is 0 Å². The number of H-pyrrole nitrogens is 1. The van der Waals surface area contributed by atoms with Crippen LogP contribution in [0.1, 0.15) is 17.2 Å². The van der Waals surface area contributed by atoms with Gasteiger partial charge in [-0.1, -0.05) is 6.07 Å². The van der Waals surface area contributed by atoms with E-state index in [0.29, 0.717) is 16.7 Å². The molecule has 1 atom stereocenters. The number of carbonyl (C=O) groups is 1. The molecule has 1 amide bonds. The number of rotatable bonds is 6. The van der Waals surface area contributed by atoms with Crippen LogP contribution in [0.25, 0.3) is 10.9 Å². The minimum absolute atomic E-state index is 0.0157. The predicted molar refractivity (Wildman–Crippen MR) is 116 cm³/mol. The van der Waals surface area contributed by atoms with Crippen LogP contribution < -0.4 is 16.6 Å². The highest BCUT2D eigenvalue weighted by Crippen LogP contribution is 2.17. The van der Waals surface area contributed by atoms with Crippen molar-refractivity contribution in [3.63, 3.8) is 0 Å². The Bertz CT molecular complexity index is 1540. The van der Waals surface area contributed by atoms with Crippen molar-refractivity contribution in [1.82, 2.24) is 14.9 Å². The molecule has 11 heteroatoms. The molecule has 0 fully saturated rings. The van der Waals surface area contributed by atoms with Crippen LogP contribution in [-0.2, 0) is 17.8 Å². The molecule has 0 saturated heterocycles. The fourth-order valence-electron chi connectivity index (χ4n) is 3.70. The van der Waals surface area contributed by atoms with Crippen molar-refractivity contribution in [2.24, 2.45) is 0 Å². The van der Waals surface area contributed by atoms with E-state index >= 15 is 0 Å². The summed E-state index contributed by atoms with van der Waals surface area (Å²) < 4.78 is 68.9. The number of hydrogen-bond acceptors (Lipinski definition) is 3. The highest BCUT2D eigenvalue weighted by atomic mass is 19.1. The lowest BCUT2D eigenvalue weighted by Crippen LogP contribution is -2.45. The van der Waals surface area contributed by atoms with E-state index in [-0.39, 0.29) is 22.0 Å². The third-order valence-corrected chi connectivity index (χ3v) is 5.33. The summed E-state index contributed by atoms with van der Waals surface area (Å²) in [6, 6.07) is 6.55. The molecule has 6 nitrogen and oxygen atoms in total. The summed E-state index contributed by atoms with van der Waals surface area (Å²) in [6.45, 7) is -0.437. The first-order valence-electron chi connectivity index (χ1n) is 10.2. The summed E-state index contributed by atoms with van der Waals surface area (Å²) in [5.41, 5.74) is -2.17. The molecule has 0 aliphatic rings. The lowest BCUT2D eigenvalue weighted by Gasteiger charge is -2.19. The topological polar surface area (TPSA) is 84.0 Å². The van der Waals surface area contributed by atoms with E-state index in [4.69, 9.17) is 0 Å². The molecule has 3 aromatic carbocycles. The van der Waals surface area contributed by atoms with Gasteiger partial charge in [0, 0.05) is 30.7 Å². The first-order chi connectivity index (χ1) is 16.6. The molecule has 4 aromatic rings. The number of nitrogens with one attached hydrogen (secondary N) is 2. The Labute approximate surface area is 193 Å². The SMILES string of the molecule is O=C(NCc1ccc(F)cc1F)C(Cc1cc(F)cc(F)c1)n1c(=O)[nH]c2ccc(F)cc2c1=O. The third-order valence-electron chi connectivity index (χ3n) is 5.33. The predicted octanol–water partition coefficient (Wildman–Crippen LogP) is 3.49. The normalized spacial score (nSPS) is 12.0. The van der Waals surface area contributed by atoms with Gasteiger partial charge >= 0.3 is 5.69 Å². The number of hydrogen-bond donors (Lipinski definition) is 2. The van der Waals surface area contributed by atoms with E-state index in [9.17, 15) is 36.3 Å². The van der Waals surface area contributed by atoms with Crippen molar-refractivity contribution in [2.75, 3.05) is 0 Å². The lowest BCUT2D eigenvalue weighted by atomic mass is 10.0. The minimum atomic E-state index is -1.65.